The maximum absolute atomic E-state index is 2.62. The van der Waals surface area contributed by atoms with Crippen molar-refractivity contribution in [2.45, 2.75) is 44.4 Å². The molecule has 3 aliphatic carbocycles. The van der Waals surface area contributed by atoms with Gasteiger partial charge < -0.3 is 4.57 Å². The highest BCUT2D eigenvalue weighted by Crippen LogP contribution is 2.64. The summed E-state index contributed by atoms with van der Waals surface area (Å²) in [7, 11) is 0. The lowest BCUT2D eigenvalue weighted by molar-refractivity contribution is 0.396. The third-order valence-corrected chi connectivity index (χ3v) is 12.4. The predicted molar refractivity (Wildman–Crippen MR) is 189 cm³/mol. The minimum absolute atomic E-state index is 0.0152. The molecule has 0 bridgehead atoms. The minimum Gasteiger partial charge on any atom is -0.309 e. The van der Waals surface area contributed by atoms with Crippen molar-refractivity contribution in [1.29, 1.82) is 0 Å². The molecule has 0 amide bonds. The summed E-state index contributed by atoms with van der Waals surface area (Å²) in [6.45, 7) is 9.89. The number of fused-ring (bicyclic) bond motifs is 15. The van der Waals surface area contributed by atoms with Gasteiger partial charge in [0.2, 0.25) is 0 Å². The van der Waals surface area contributed by atoms with E-state index in [-0.39, 0.29) is 10.8 Å². The van der Waals surface area contributed by atoms with E-state index in [9.17, 15) is 0 Å². The van der Waals surface area contributed by atoms with Gasteiger partial charge in [0.25, 0.3) is 0 Å². The molecule has 2 atom stereocenters. The summed E-state index contributed by atoms with van der Waals surface area (Å²) in [5.41, 5.74) is 12.7. The van der Waals surface area contributed by atoms with Crippen LogP contribution in [0.5, 0.6) is 0 Å². The second-order valence-electron chi connectivity index (χ2n) is 14.1. The Labute approximate surface area is 261 Å². The molecule has 10 rings (SSSR count). The molecule has 0 fully saturated rings. The van der Waals surface area contributed by atoms with Gasteiger partial charge in [0.1, 0.15) is 0 Å². The number of allylic oxidation sites excluding steroid dienone is 4. The van der Waals surface area contributed by atoms with E-state index < -0.39 is 0 Å². The summed E-state index contributed by atoms with van der Waals surface area (Å²) in [6, 6.07) is 34.4. The van der Waals surface area contributed by atoms with E-state index in [1.807, 2.05) is 11.3 Å². The van der Waals surface area contributed by atoms with Crippen molar-refractivity contribution in [2.75, 3.05) is 0 Å². The zero-order chi connectivity index (χ0) is 29.5. The first-order valence-electron chi connectivity index (χ1n) is 15.9. The summed E-state index contributed by atoms with van der Waals surface area (Å²) < 4.78 is 5.31. The Bertz CT molecular complexity index is 2460. The molecular weight excluding hydrogens is 551 g/mol. The van der Waals surface area contributed by atoms with Crippen molar-refractivity contribution in [3.63, 3.8) is 0 Å². The van der Waals surface area contributed by atoms with Crippen LogP contribution in [0.3, 0.4) is 0 Å². The average molecular weight is 584 g/mol. The van der Waals surface area contributed by atoms with Gasteiger partial charge in [0.15, 0.2) is 0 Å². The highest BCUT2D eigenvalue weighted by Gasteiger charge is 2.51. The van der Waals surface area contributed by atoms with Crippen molar-refractivity contribution in [3.05, 3.63) is 138 Å². The molecule has 212 valence electrons. The highest BCUT2D eigenvalue weighted by molar-refractivity contribution is 7.25. The Morgan fingerprint density at radius 1 is 0.682 bits per heavy atom. The van der Waals surface area contributed by atoms with Gasteiger partial charge in [-0.25, -0.2) is 0 Å². The van der Waals surface area contributed by atoms with Crippen LogP contribution in [0.25, 0.3) is 58.8 Å². The van der Waals surface area contributed by atoms with Crippen molar-refractivity contribution < 1.29 is 0 Å². The van der Waals surface area contributed by atoms with Crippen molar-refractivity contribution in [2.24, 2.45) is 5.92 Å². The molecule has 0 spiro atoms. The SMILES string of the molecule is CC1(C)c2ccccc2-c2c3c(c4c5ccccc5n(-c5ccc6sc7ccccc7c6c5)c4c21)C(C)(C)C1C=CC=CC31. The van der Waals surface area contributed by atoms with Crippen LogP contribution in [0.15, 0.2) is 115 Å². The molecule has 2 heterocycles. The van der Waals surface area contributed by atoms with Crippen LogP contribution in [0.1, 0.15) is 55.9 Å². The van der Waals surface area contributed by atoms with Crippen molar-refractivity contribution in [1.82, 2.24) is 4.57 Å². The maximum atomic E-state index is 2.62. The number of para-hydroxylation sites is 1. The van der Waals surface area contributed by atoms with Crippen LogP contribution in [0.4, 0.5) is 0 Å². The van der Waals surface area contributed by atoms with Crippen LogP contribution >= 0.6 is 11.3 Å². The monoisotopic (exact) mass is 583 g/mol. The van der Waals surface area contributed by atoms with Gasteiger partial charge in [-0.15, -0.1) is 11.3 Å². The van der Waals surface area contributed by atoms with Gasteiger partial charge in [-0.3, -0.25) is 0 Å². The molecular formula is C42H33NS. The lowest BCUT2D eigenvalue weighted by Crippen LogP contribution is -2.25. The number of hydrogen-bond donors (Lipinski definition) is 0. The van der Waals surface area contributed by atoms with Crippen LogP contribution in [-0.2, 0) is 10.8 Å². The van der Waals surface area contributed by atoms with Crippen molar-refractivity contribution >= 4 is 53.3 Å². The van der Waals surface area contributed by atoms with E-state index >= 15 is 0 Å². The summed E-state index contributed by atoms with van der Waals surface area (Å²) in [6.07, 6.45) is 9.50. The largest absolute Gasteiger partial charge is 0.309 e. The van der Waals surface area contributed by atoms with Crippen LogP contribution in [-0.4, -0.2) is 4.57 Å². The molecule has 7 aromatic rings. The second-order valence-corrected chi connectivity index (χ2v) is 15.2. The fourth-order valence-corrected chi connectivity index (χ4v) is 10.5. The van der Waals surface area contributed by atoms with E-state index in [0.29, 0.717) is 11.8 Å². The quantitative estimate of drug-likeness (QED) is 0.181. The topological polar surface area (TPSA) is 4.93 Å². The molecule has 0 N–H and O–H groups in total. The Kier molecular flexibility index (Phi) is 4.65. The summed E-state index contributed by atoms with van der Waals surface area (Å²) in [4.78, 5) is 0. The molecule has 3 aliphatic rings. The summed E-state index contributed by atoms with van der Waals surface area (Å²) >= 11 is 1.89. The molecule has 0 saturated heterocycles. The van der Waals surface area contributed by atoms with Gasteiger partial charge in [-0.2, -0.15) is 0 Å². The molecule has 2 unspecified atom stereocenters. The van der Waals surface area contributed by atoms with Gasteiger partial charge in [0, 0.05) is 48.0 Å². The number of aromatic nitrogens is 1. The summed E-state index contributed by atoms with van der Waals surface area (Å²) in [5.74, 6) is 0.810. The zero-order valence-electron chi connectivity index (χ0n) is 25.5. The van der Waals surface area contributed by atoms with E-state index in [1.54, 1.807) is 11.1 Å². The molecule has 44 heavy (non-hydrogen) atoms. The minimum atomic E-state index is -0.138. The van der Waals surface area contributed by atoms with E-state index in [2.05, 4.69) is 148 Å². The average Bonchev–Trinajstić information content (AvgIpc) is 3.72. The van der Waals surface area contributed by atoms with E-state index in [4.69, 9.17) is 0 Å². The summed E-state index contributed by atoms with van der Waals surface area (Å²) in [5, 5.41) is 5.50. The first-order valence-corrected chi connectivity index (χ1v) is 16.7. The molecule has 2 heteroatoms. The lowest BCUT2D eigenvalue weighted by Gasteiger charge is -2.30. The highest BCUT2D eigenvalue weighted by atomic mass is 32.1. The first-order chi connectivity index (χ1) is 21.4. The van der Waals surface area contributed by atoms with Gasteiger partial charge >= 0.3 is 0 Å². The molecule has 0 radical (unpaired) electrons. The third kappa shape index (κ3) is 2.86. The van der Waals surface area contributed by atoms with E-state index in [0.717, 1.165) is 0 Å². The Morgan fingerprint density at radius 2 is 1.41 bits per heavy atom. The maximum Gasteiger partial charge on any atom is 0.0591 e. The Hall–Kier alpha value is -4.40. The fraction of sp³-hybridized carbons (Fsp3) is 0.190. The first kappa shape index (κ1) is 25.0. The molecule has 0 saturated carbocycles. The van der Waals surface area contributed by atoms with Gasteiger partial charge in [-0.05, 0) is 75.0 Å². The Balaban J connectivity index is 1.45. The number of nitrogens with zero attached hydrogens (tertiary/aromatic N) is 1. The standard InChI is InChI=1S/C42H33NS/c1-41(2)30-17-9-5-14-26(30)35-36-27-15-6-10-18-31(27)42(3,4)39(36)40-37(38(35)41)28-16-7-11-19-32(28)43(40)24-21-22-34-29(23-24)25-13-8-12-20-33(25)44-34/h5-23,26,30H,1-4H3. The van der Waals surface area contributed by atoms with Gasteiger partial charge in [-0.1, -0.05) is 113 Å². The fourth-order valence-electron chi connectivity index (χ4n) is 9.37. The number of thiophene rings is 1. The Morgan fingerprint density at radius 3 is 2.30 bits per heavy atom. The zero-order valence-corrected chi connectivity index (χ0v) is 26.3. The number of rotatable bonds is 1. The van der Waals surface area contributed by atoms with Crippen molar-refractivity contribution in [3.8, 4) is 16.8 Å². The normalized spacial score (nSPS) is 20.5. The predicted octanol–water partition coefficient (Wildman–Crippen LogP) is 11.6. The van der Waals surface area contributed by atoms with Gasteiger partial charge in [0.05, 0.1) is 11.0 Å². The van der Waals surface area contributed by atoms with E-state index in [1.165, 1.54) is 69.9 Å². The van der Waals surface area contributed by atoms with Crippen LogP contribution in [0.2, 0.25) is 0 Å². The molecule has 2 aromatic heterocycles. The molecule has 5 aromatic carbocycles. The number of benzene rings is 5. The lowest BCUT2D eigenvalue weighted by atomic mass is 9.73. The number of hydrogen-bond acceptors (Lipinski definition) is 1. The smallest absolute Gasteiger partial charge is 0.0591 e. The molecule has 1 nitrogen and oxygen atoms in total. The molecule has 0 aliphatic heterocycles. The third-order valence-electron chi connectivity index (χ3n) is 11.2. The van der Waals surface area contributed by atoms with Crippen LogP contribution < -0.4 is 0 Å². The van der Waals surface area contributed by atoms with Crippen LogP contribution in [0, 0.1) is 5.92 Å². The second kappa shape index (κ2) is 8.20.